The Balaban J connectivity index is 3.00. The molecule has 110 valence electrons. The maximum atomic E-state index is 12.2. The van der Waals surface area contributed by atoms with Gasteiger partial charge in [-0.15, -0.1) is 0 Å². The van der Waals surface area contributed by atoms with Crippen molar-refractivity contribution in [2.45, 2.75) is 83.5 Å². The van der Waals surface area contributed by atoms with Gasteiger partial charge in [0.05, 0.1) is 0 Å². The molecule has 0 spiro atoms. The minimum absolute atomic E-state index is 0.177. The van der Waals surface area contributed by atoms with Crippen LogP contribution >= 0.6 is 0 Å². The summed E-state index contributed by atoms with van der Waals surface area (Å²) in [4.78, 5) is 12.2. The van der Waals surface area contributed by atoms with Crippen molar-refractivity contribution in [3.63, 3.8) is 0 Å². The standard InChI is InChI=1S/C16H30O2Si/c1-12(2)19(13(3)4,14(5)6)18-16-11-9-7-8-10-15(16)17/h8,10,12-14,16H,7,9,11H2,1-6H3. The first kappa shape index (κ1) is 16.6. The molecule has 0 aromatic carbocycles. The second kappa shape index (κ2) is 6.85. The van der Waals surface area contributed by atoms with Gasteiger partial charge in [0.1, 0.15) is 6.10 Å². The Kier molecular flexibility index (Phi) is 6.00. The Labute approximate surface area is 119 Å². The van der Waals surface area contributed by atoms with Crippen LogP contribution in [0, 0.1) is 0 Å². The molecule has 19 heavy (non-hydrogen) atoms. The van der Waals surface area contributed by atoms with Crippen LogP contribution in [0.25, 0.3) is 0 Å². The lowest BCUT2D eigenvalue weighted by molar-refractivity contribution is -0.121. The van der Waals surface area contributed by atoms with E-state index in [0.717, 1.165) is 19.3 Å². The fraction of sp³-hybridized carbons (Fsp3) is 0.812. The molecule has 1 atom stereocenters. The highest BCUT2D eigenvalue weighted by Crippen LogP contribution is 2.43. The lowest BCUT2D eigenvalue weighted by Gasteiger charge is -2.44. The number of carbonyl (C=O) groups is 1. The van der Waals surface area contributed by atoms with E-state index < -0.39 is 8.32 Å². The van der Waals surface area contributed by atoms with E-state index in [1.165, 1.54) is 0 Å². The summed E-state index contributed by atoms with van der Waals surface area (Å²) in [6.45, 7) is 13.6. The van der Waals surface area contributed by atoms with E-state index >= 15 is 0 Å². The van der Waals surface area contributed by atoms with Crippen molar-refractivity contribution in [1.29, 1.82) is 0 Å². The highest BCUT2D eigenvalue weighted by molar-refractivity contribution is 6.77. The molecule has 1 rings (SSSR count). The number of allylic oxidation sites excluding steroid dienone is 1. The highest BCUT2D eigenvalue weighted by Gasteiger charge is 2.47. The van der Waals surface area contributed by atoms with Crippen LogP contribution in [0.5, 0.6) is 0 Å². The minimum Gasteiger partial charge on any atom is -0.406 e. The van der Waals surface area contributed by atoms with Crippen molar-refractivity contribution in [3.8, 4) is 0 Å². The number of hydrogen-bond donors (Lipinski definition) is 0. The van der Waals surface area contributed by atoms with Crippen molar-refractivity contribution >= 4 is 14.1 Å². The van der Waals surface area contributed by atoms with Gasteiger partial charge >= 0.3 is 0 Å². The summed E-state index contributed by atoms with van der Waals surface area (Å²) in [5.41, 5.74) is 1.60. The molecule has 0 aliphatic heterocycles. The van der Waals surface area contributed by atoms with Crippen molar-refractivity contribution in [3.05, 3.63) is 12.2 Å². The maximum absolute atomic E-state index is 12.2. The molecule has 0 fully saturated rings. The highest BCUT2D eigenvalue weighted by atomic mass is 28.4. The first-order valence-corrected chi connectivity index (χ1v) is 9.84. The molecule has 0 saturated heterocycles. The first-order chi connectivity index (χ1) is 8.82. The van der Waals surface area contributed by atoms with Crippen LogP contribution in [0.1, 0.15) is 60.8 Å². The molecule has 0 saturated carbocycles. The molecule has 1 aliphatic rings. The van der Waals surface area contributed by atoms with Crippen LogP contribution in [0.4, 0.5) is 0 Å². The van der Waals surface area contributed by atoms with Crippen molar-refractivity contribution in [1.82, 2.24) is 0 Å². The lowest BCUT2D eigenvalue weighted by atomic mass is 10.1. The number of hydrogen-bond acceptors (Lipinski definition) is 2. The SMILES string of the molecule is CC(C)[Si](OC1CCCC=CC1=O)(C(C)C)C(C)C. The van der Waals surface area contributed by atoms with Crippen LogP contribution in [-0.4, -0.2) is 20.2 Å². The molecule has 2 nitrogen and oxygen atoms in total. The van der Waals surface area contributed by atoms with Gasteiger partial charge in [0, 0.05) is 0 Å². The van der Waals surface area contributed by atoms with E-state index in [4.69, 9.17) is 4.43 Å². The smallest absolute Gasteiger partial charge is 0.201 e. The second-order valence-electron chi connectivity index (χ2n) is 6.66. The Morgan fingerprint density at radius 3 is 2.11 bits per heavy atom. The zero-order valence-electron chi connectivity index (χ0n) is 13.4. The Morgan fingerprint density at radius 1 is 1.11 bits per heavy atom. The molecule has 0 heterocycles. The molecular formula is C16H30O2Si. The summed E-state index contributed by atoms with van der Waals surface area (Å²) in [7, 11) is -1.93. The van der Waals surface area contributed by atoms with E-state index in [2.05, 4.69) is 41.5 Å². The third-order valence-corrected chi connectivity index (χ3v) is 10.6. The van der Waals surface area contributed by atoms with Gasteiger partial charge in [0.2, 0.25) is 8.32 Å². The molecular weight excluding hydrogens is 252 g/mol. The Hall–Kier alpha value is -0.413. The predicted octanol–water partition coefficient (Wildman–Crippen LogP) is 4.86. The quantitative estimate of drug-likeness (QED) is 0.673. The van der Waals surface area contributed by atoms with Gasteiger partial charge in [-0.1, -0.05) is 47.6 Å². The Morgan fingerprint density at radius 2 is 1.63 bits per heavy atom. The summed E-state index contributed by atoms with van der Waals surface area (Å²) in [5.74, 6) is 0.177. The number of ketones is 1. The number of carbonyl (C=O) groups excluding carboxylic acids is 1. The van der Waals surface area contributed by atoms with Gasteiger partial charge in [-0.25, -0.2) is 0 Å². The van der Waals surface area contributed by atoms with E-state index in [1.54, 1.807) is 6.08 Å². The second-order valence-corrected chi connectivity index (χ2v) is 12.1. The molecule has 3 heteroatoms. The van der Waals surface area contributed by atoms with E-state index in [1.807, 2.05) is 6.08 Å². The predicted molar refractivity (Wildman–Crippen MR) is 83.9 cm³/mol. The molecule has 0 bridgehead atoms. The van der Waals surface area contributed by atoms with Crippen LogP contribution in [0.3, 0.4) is 0 Å². The van der Waals surface area contributed by atoms with Gasteiger partial charge in [-0.2, -0.15) is 0 Å². The third kappa shape index (κ3) is 3.57. The topological polar surface area (TPSA) is 26.3 Å². The van der Waals surface area contributed by atoms with Gasteiger partial charge in [0.25, 0.3) is 0 Å². The van der Waals surface area contributed by atoms with E-state index in [-0.39, 0.29) is 11.9 Å². The normalized spacial score (nSPS) is 21.5. The summed E-state index contributed by atoms with van der Waals surface area (Å²) >= 11 is 0. The average molecular weight is 282 g/mol. The van der Waals surface area contributed by atoms with Crippen molar-refractivity contribution in [2.75, 3.05) is 0 Å². The summed E-state index contributed by atoms with van der Waals surface area (Å²) in [5, 5.41) is 0. The molecule has 0 aromatic heterocycles. The largest absolute Gasteiger partial charge is 0.406 e. The van der Waals surface area contributed by atoms with Crippen LogP contribution in [0.2, 0.25) is 16.6 Å². The minimum atomic E-state index is -1.93. The molecule has 0 radical (unpaired) electrons. The Bertz CT molecular complexity index is 310. The van der Waals surface area contributed by atoms with Gasteiger partial charge < -0.3 is 4.43 Å². The van der Waals surface area contributed by atoms with Gasteiger partial charge in [-0.05, 0) is 42.0 Å². The van der Waals surface area contributed by atoms with E-state index in [0.29, 0.717) is 16.6 Å². The first-order valence-electron chi connectivity index (χ1n) is 7.70. The zero-order chi connectivity index (χ0) is 14.6. The lowest BCUT2D eigenvalue weighted by Crippen LogP contribution is -2.51. The fourth-order valence-electron chi connectivity index (χ4n) is 3.64. The maximum Gasteiger partial charge on any atom is 0.201 e. The third-order valence-electron chi connectivity index (χ3n) is 4.49. The average Bonchev–Trinajstić information content (AvgIpc) is 2.49. The van der Waals surface area contributed by atoms with Crippen LogP contribution < -0.4 is 0 Å². The van der Waals surface area contributed by atoms with Gasteiger partial charge in [0.15, 0.2) is 5.78 Å². The zero-order valence-corrected chi connectivity index (χ0v) is 14.4. The summed E-state index contributed by atoms with van der Waals surface area (Å²) < 4.78 is 6.59. The van der Waals surface area contributed by atoms with E-state index in [9.17, 15) is 4.79 Å². The number of rotatable bonds is 5. The fourth-order valence-corrected chi connectivity index (χ4v) is 9.19. The molecule has 0 aromatic rings. The molecule has 0 N–H and O–H groups in total. The monoisotopic (exact) mass is 282 g/mol. The summed E-state index contributed by atoms with van der Waals surface area (Å²) in [6, 6.07) is 0. The summed E-state index contributed by atoms with van der Waals surface area (Å²) in [6.07, 6.45) is 6.48. The molecule has 1 unspecified atom stereocenters. The molecule has 0 amide bonds. The van der Waals surface area contributed by atoms with Gasteiger partial charge in [-0.3, -0.25) is 4.79 Å². The van der Waals surface area contributed by atoms with Crippen LogP contribution in [0.15, 0.2) is 12.2 Å². The molecule has 1 aliphatic carbocycles. The van der Waals surface area contributed by atoms with Crippen molar-refractivity contribution in [2.24, 2.45) is 0 Å². The van der Waals surface area contributed by atoms with Crippen LogP contribution in [-0.2, 0) is 9.22 Å². The van der Waals surface area contributed by atoms with Crippen molar-refractivity contribution < 1.29 is 9.22 Å².